The minimum Gasteiger partial charge on any atom is -0.378 e. The molecule has 4 rings (SSSR count). The fraction of sp³-hybridized carbons (Fsp3) is 0.941. The molecule has 3 unspecified atom stereocenters. The molecular formula is C17H27NO3. The van der Waals surface area contributed by atoms with Gasteiger partial charge in [0.1, 0.15) is 0 Å². The van der Waals surface area contributed by atoms with E-state index in [2.05, 4.69) is 4.90 Å². The van der Waals surface area contributed by atoms with Crippen molar-refractivity contribution < 1.29 is 14.3 Å². The van der Waals surface area contributed by atoms with Crippen molar-refractivity contribution in [3.63, 3.8) is 0 Å². The van der Waals surface area contributed by atoms with Crippen molar-refractivity contribution in [1.82, 2.24) is 4.90 Å². The molecule has 0 radical (unpaired) electrons. The fourth-order valence-corrected chi connectivity index (χ4v) is 4.41. The highest BCUT2D eigenvalue weighted by Gasteiger charge is 2.51. The molecule has 0 aromatic rings. The first-order valence-electron chi connectivity index (χ1n) is 8.67. The third-order valence-corrected chi connectivity index (χ3v) is 6.22. The van der Waals surface area contributed by atoms with Crippen LogP contribution in [-0.2, 0) is 14.3 Å². The zero-order chi connectivity index (χ0) is 14.4. The van der Waals surface area contributed by atoms with Gasteiger partial charge in [-0.25, -0.2) is 0 Å². The SMILES string of the molecule is COC1(CC(=O)N2CC3CCC2C3OCC2CC2)CCC1. The summed E-state index contributed by atoms with van der Waals surface area (Å²) in [5, 5.41) is 0. The largest absolute Gasteiger partial charge is 0.378 e. The fourth-order valence-electron chi connectivity index (χ4n) is 4.41. The minimum absolute atomic E-state index is 0.150. The van der Waals surface area contributed by atoms with Gasteiger partial charge in [0.25, 0.3) is 0 Å². The number of amides is 1. The first kappa shape index (κ1) is 14.0. The second-order valence-electron chi connectivity index (χ2n) is 7.61. The van der Waals surface area contributed by atoms with Crippen molar-refractivity contribution in [2.45, 2.75) is 69.1 Å². The van der Waals surface area contributed by atoms with Crippen LogP contribution >= 0.6 is 0 Å². The number of carbonyl (C=O) groups excluding carboxylic acids is 1. The lowest BCUT2D eigenvalue weighted by Gasteiger charge is -2.41. The molecule has 0 spiro atoms. The standard InChI is InChI=1S/C17H27NO3/c1-20-17(7-2-8-17)9-15(19)18-10-13-5-6-14(18)16(13)21-11-12-3-4-12/h12-14,16H,2-11H2,1H3. The molecule has 118 valence electrons. The van der Waals surface area contributed by atoms with Crippen molar-refractivity contribution in [3.8, 4) is 0 Å². The summed E-state index contributed by atoms with van der Waals surface area (Å²) in [5.41, 5.74) is -0.150. The van der Waals surface area contributed by atoms with Crippen LogP contribution in [0, 0.1) is 11.8 Å². The average Bonchev–Trinajstić information content (AvgIpc) is 3.13. The van der Waals surface area contributed by atoms with Crippen LogP contribution in [0.15, 0.2) is 0 Å². The molecule has 0 N–H and O–H groups in total. The van der Waals surface area contributed by atoms with Gasteiger partial charge in [-0.05, 0) is 50.9 Å². The maximum atomic E-state index is 12.7. The van der Waals surface area contributed by atoms with Crippen molar-refractivity contribution in [2.75, 3.05) is 20.3 Å². The van der Waals surface area contributed by atoms with Crippen molar-refractivity contribution in [2.24, 2.45) is 11.8 Å². The Hall–Kier alpha value is -0.610. The first-order chi connectivity index (χ1) is 10.2. The van der Waals surface area contributed by atoms with Crippen molar-refractivity contribution in [1.29, 1.82) is 0 Å². The molecule has 0 aromatic heterocycles. The lowest BCUT2D eigenvalue weighted by atomic mass is 9.77. The topological polar surface area (TPSA) is 38.8 Å². The summed E-state index contributed by atoms with van der Waals surface area (Å²) in [7, 11) is 1.75. The molecular weight excluding hydrogens is 266 g/mol. The van der Waals surface area contributed by atoms with Crippen LogP contribution in [0.2, 0.25) is 0 Å². The number of fused-ring (bicyclic) bond motifs is 2. The van der Waals surface area contributed by atoms with E-state index in [4.69, 9.17) is 9.47 Å². The van der Waals surface area contributed by atoms with Crippen LogP contribution in [0.3, 0.4) is 0 Å². The van der Waals surface area contributed by atoms with E-state index in [0.29, 0.717) is 30.4 Å². The summed E-state index contributed by atoms with van der Waals surface area (Å²) < 4.78 is 11.8. The van der Waals surface area contributed by atoms with Gasteiger partial charge in [-0.1, -0.05) is 0 Å². The monoisotopic (exact) mass is 293 g/mol. The molecule has 1 amide bonds. The van der Waals surface area contributed by atoms with Gasteiger partial charge >= 0.3 is 0 Å². The lowest BCUT2D eigenvalue weighted by molar-refractivity contribution is -0.146. The van der Waals surface area contributed by atoms with Gasteiger partial charge in [0.05, 0.1) is 24.2 Å². The van der Waals surface area contributed by atoms with E-state index in [0.717, 1.165) is 38.3 Å². The van der Waals surface area contributed by atoms with Crippen molar-refractivity contribution in [3.05, 3.63) is 0 Å². The van der Waals surface area contributed by atoms with E-state index in [-0.39, 0.29) is 5.60 Å². The number of methoxy groups -OCH3 is 1. The van der Waals surface area contributed by atoms with E-state index in [1.54, 1.807) is 7.11 Å². The van der Waals surface area contributed by atoms with E-state index in [1.165, 1.54) is 25.7 Å². The van der Waals surface area contributed by atoms with Gasteiger partial charge in [0, 0.05) is 26.2 Å². The number of hydrogen-bond acceptors (Lipinski definition) is 3. The Kier molecular flexibility index (Phi) is 3.49. The molecule has 1 heterocycles. The molecule has 1 aliphatic heterocycles. The van der Waals surface area contributed by atoms with Crippen LogP contribution < -0.4 is 0 Å². The number of hydrogen-bond donors (Lipinski definition) is 0. The Morgan fingerprint density at radius 1 is 1.24 bits per heavy atom. The molecule has 2 bridgehead atoms. The van der Waals surface area contributed by atoms with Crippen molar-refractivity contribution >= 4 is 5.91 Å². The van der Waals surface area contributed by atoms with Gasteiger partial charge in [-0.3, -0.25) is 4.79 Å². The summed E-state index contributed by atoms with van der Waals surface area (Å²) in [6, 6.07) is 0.343. The van der Waals surface area contributed by atoms with E-state index in [1.807, 2.05) is 0 Å². The second kappa shape index (κ2) is 5.24. The Morgan fingerprint density at radius 3 is 2.67 bits per heavy atom. The zero-order valence-corrected chi connectivity index (χ0v) is 13.1. The molecule has 4 fully saturated rings. The summed E-state index contributed by atoms with van der Waals surface area (Å²) >= 11 is 0. The second-order valence-corrected chi connectivity index (χ2v) is 7.61. The van der Waals surface area contributed by atoms with Crippen LogP contribution in [0.25, 0.3) is 0 Å². The van der Waals surface area contributed by atoms with E-state index >= 15 is 0 Å². The number of carbonyl (C=O) groups is 1. The molecule has 4 aliphatic rings. The highest BCUT2D eigenvalue weighted by molar-refractivity contribution is 5.78. The summed E-state index contributed by atoms with van der Waals surface area (Å²) in [4.78, 5) is 14.8. The molecule has 3 aliphatic carbocycles. The molecule has 4 nitrogen and oxygen atoms in total. The van der Waals surface area contributed by atoms with Gasteiger partial charge in [-0.15, -0.1) is 0 Å². The smallest absolute Gasteiger partial charge is 0.225 e. The first-order valence-corrected chi connectivity index (χ1v) is 8.67. The number of ether oxygens (including phenoxy) is 2. The highest BCUT2D eigenvalue weighted by Crippen LogP contribution is 2.44. The quantitative estimate of drug-likeness (QED) is 0.754. The maximum Gasteiger partial charge on any atom is 0.225 e. The van der Waals surface area contributed by atoms with Gasteiger partial charge in [-0.2, -0.15) is 0 Å². The number of likely N-dealkylation sites (tertiary alicyclic amines) is 1. The molecule has 4 heteroatoms. The number of nitrogens with zero attached hydrogens (tertiary/aromatic N) is 1. The van der Waals surface area contributed by atoms with Gasteiger partial charge in [0.2, 0.25) is 5.91 Å². The Bertz CT molecular complexity index is 411. The third kappa shape index (κ3) is 2.50. The Morgan fingerprint density at radius 2 is 2.05 bits per heavy atom. The number of piperidine rings is 1. The summed E-state index contributed by atoms with van der Waals surface area (Å²) in [6.07, 6.45) is 9.20. The molecule has 0 aromatic carbocycles. The normalized spacial score (nSPS) is 36.8. The Balaban J connectivity index is 1.36. The zero-order valence-electron chi connectivity index (χ0n) is 13.1. The predicted molar refractivity (Wildman–Crippen MR) is 78.9 cm³/mol. The van der Waals surface area contributed by atoms with Crippen LogP contribution in [-0.4, -0.2) is 48.8 Å². The summed E-state index contributed by atoms with van der Waals surface area (Å²) in [5.74, 6) is 1.68. The highest BCUT2D eigenvalue weighted by atomic mass is 16.5. The number of rotatable bonds is 6. The maximum absolute atomic E-state index is 12.7. The molecule has 1 saturated heterocycles. The lowest BCUT2D eigenvalue weighted by Crippen LogP contribution is -2.47. The summed E-state index contributed by atoms with van der Waals surface area (Å²) in [6.45, 7) is 1.83. The molecule has 3 saturated carbocycles. The predicted octanol–water partition coefficient (Wildman–Crippen LogP) is 2.36. The van der Waals surface area contributed by atoms with Crippen LogP contribution in [0.5, 0.6) is 0 Å². The van der Waals surface area contributed by atoms with Crippen LogP contribution in [0.4, 0.5) is 0 Å². The average molecular weight is 293 g/mol. The Labute approximate surface area is 127 Å². The van der Waals surface area contributed by atoms with E-state index < -0.39 is 0 Å². The molecule has 21 heavy (non-hydrogen) atoms. The van der Waals surface area contributed by atoms with Crippen LogP contribution in [0.1, 0.15) is 51.4 Å². The third-order valence-electron chi connectivity index (χ3n) is 6.22. The van der Waals surface area contributed by atoms with Gasteiger partial charge < -0.3 is 14.4 Å². The van der Waals surface area contributed by atoms with E-state index in [9.17, 15) is 4.79 Å². The minimum atomic E-state index is -0.150. The molecule has 3 atom stereocenters. The van der Waals surface area contributed by atoms with Gasteiger partial charge in [0.15, 0.2) is 0 Å².